The van der Waals surface area contributed by atoms with Crippen LogP contribution in [0.25, 0.3) is 0 Å². The first-order chi connectivity index (χ1) is 9.42. The van der Waals surface area contributed by atoms with Gasteiger partial charge in [-0.3, -0.25) is 4.72 Å². The molecule has 0 atom stereocenters. The van der Waals surface area contributed by atoms with Crippen LogP contribution in [0.4, 0.5) is 10.1 Å². The number of hydrogen-bond donors (Lipinski definition) is 1. The molecule has 2 aromatic rings. The minimum atomic E-state index is -3.78. The van der Waals surface area contributed by atoms with Gasteiger partial charge in [0.1, 0.15) is 11.6 Å². The van der Waals surface area contributed by atoms with E-state index in [1.807, 2.05) is 13.0 Å². The molecule has 2 aromatic carbocycles. The summed E-state index contributed by atoms with van der Waals surface area (Å²) in [7, 11) is -2.32. The number of anilines is 1. The Kier molecular flexibility index (Phi) is 3.94. The number of rotatable bonds is 4. The molecule has 0 unspecified atom stereocenters. The van der Waals surface area contributed by atoms with Crippen molar-refractivity contribution in [3.63, 3.8) is 0 Å². The van der Waals surface area contributed by atoms with Gasteiger partial charge in [-0.05, 0) is 48.9 Å². The number of benzene rings is 2. The van der Waals surface area contributed by atoms with Crippen molar-refractivity contribution in [1.29, 1.82) is 0 Å². The minimum absolute atomic E-state index is 0.0116. The van der Waals surface area contributed by atoms with Crippen LogP contribution in [0.5, 0.6) is 5.75 Å². The zero-order valence-electron chi connectivity index (χ0n) is 11.1. The quantitative estimate of drug-likeness (QED) is 0.943. The van der Waals surface area contributed by atoms with Gasteiger partial charge in [0.05, 0.1) is 17.7 Å². The normalized spacial score (nSPS) is 11.2. The Morgan fingerprint density at radius 3 is 2.35 bits per heavy atom. The van der Waals surface area contributed by atoms with Gasteiger partial charge in [-0.2, -0.15) is 0 Å². The summed E-state index contributed by atoms with van der Waals surface area (Å²) in [6.07, 6.45) is 0. The van der Waals surface area contributed by atoms with Gasteiger partial charge in [0.25, 0.3) is 10.0 Å². The number of halogens is 1. The smallest absolute Gasteiger partial charge is 0.262 e. The summed E-state index contributed by atoms with van der Waals surface area (Å²) in [5.41, 5.74) is 1.24. The summed E-state index contributed by atoms with van der Waals surface area (Å²) in [6, 6.07) is 9.77. The number of hydrogen-bond acceptors (Lipinski definition) is 3. The summed E-state index contributed by atoms with van der Waals surface area (Å²) < 4.78 is 44.8. The summed E-state index contributed by atoms with van der Waals surface area (Å²) in [5, 5.41) is 0. The summed E-state index contributed by atoms with van der Waals surface area (Å²) in [6.45, 7) is 1.84. The summed E-state index contributed by atoms with van der Waals surface area (Å²) >= 11 is 0. The molecule has 4 nitrogen and oxygen atoms in total. The van der Waals surface area contributed by atoms with Crippen LogP contribution in [0.1, 0.15) is 5.56 Å². The third kappa shape index (κ3) is 3.08. The Morgan fingerprint density at radius 2 is 1.75 bits per heavy atom. The van der Waals surface area contributed by atoms with E-state index >= 15 is 0 Å². The van der Waals surface area contributed by atoms with Gasteiger partial charge in [0.2, 0.25) is 0 Å². The molecule has 20 heavy (non-hydrogen) atoms. The van der Waals surface area contributed by atoms with Crippen molar-refractivity contribution in [3.8, 4) is 5.75 Å². The average Bonchev–Trinajstić information content (AvgIpc) is 2.39. The lowest BCUT2D eigenvalue weighted by Crippen LogP contribution is -2.13. The van der Waals surface area contributed by atoms with Gasteiger partial charge in [-0.15, -0.1) is 0 Å². The molecule has 0 aromatic heterocycles. The van der Waals surface area contributed by atoms with Crippen LogP contribution in [0.3, 0.4) is 0 Å². The number of methoxy groups -OCH3 is 1. The summed E-state index contributed by atoms with van der Waals surface area (Å²) in [4.78, 5) is -0.0116. The largest absolute Gasteiger partial charge is 0.495 e. The number of ether oxygens (including phenoxy) is 1. The predicted octanol–water partition coefficient (Wildman–Crippen LogP) is 2.94. The van der Waals surface area contributed by atoms with E-state index in [1.165, 1.54) is 19.2 Å². The first kappa shape index (κ1) is 14.3. The topological polar surface area (TPSA) is 55.4 Å². The molecule has 0 bridgehead atoms. The highest BCUT2D eigenvalue weighted by molar-refractivity contribution is 7.92. The van der Waals surface area contributed by atoms with E-state index in [2.05, 4.69) is 4.72 Å². The van der Waals surface area contributed by atoms with Crippen LogP contribution in [0.15, 0.2) is 47.4 Å². The van der Waals surface area contributed by atoms with Crippen molar-refractivity contribution >= 4 is 15.7 Å². The number of nitrogens with one attached hydrogen (secondary N) is 1. The van der Waals surface area contributed by atoms with Gasteiger partial charge < -0.3 is 4.74 Å². The Balaban J connectivity index is 2.37. The summed E-state index contributed by atoms with van der Waals surface area (Å²) in [5.74, 6) is -0.0710. The Labute approximate surface area is 117 Å². The highest BCUT2D eigenvalue weighted by Gasteiger charge is 2.16. The van der Waals surface area contributed by atoms with Crippen LogP contribution in [-0.2, 0) is 10.0 Å². The van der Waals surface area contributed by atoms with Crippen molar-refractivity contribution < 1.29 is 17.5 Å². The second-order valence-electron chi connectivity index (χ2n) is 4.26. The molecule has 106 valence electrons. The van der Waals surface area contributed by atoms with Gasteiger partial charge >= 0.3 is 0 Å². The van der Waals surface area contributed by atoms with E-state index in [1.54, 1.807) is 12.1 Å². The van der Waals surface area contributed by atoms with Crippen molar-refractivity contribution in [2.45, 2.75) is 11.8 Å². The van der Waals surface area contributed by atoms with Gasteiger partial charge in [-0.25, -0.2) is 12.8 Å². The number of aryl methyl sites for hydroxylation is 1. The van der Waals surface area contributed by atoms with Gasteiger partial charge in [0, 0.05) is 0 Å². The molecule has 0 aliphatic heterocycles. The molecular formula is C14H14FNO3S. The van der Waals surface area contributed by atoms with Gasteiger partial charge in [0.15, 0.2) is 0 Å². The third-order valence-corrected chi connectivity index (χ3v) is 4.10. The molecule has 0 aliphatic rings. The van der Waals surface area contributed by atoms with Crippen LogP contribution >= 0.6 is 0 Å². The van der Waals surface area contributed by atoms with E-state index in [0.29, 0.717) is 11.4 Å². The predicted molar refractivity (Wildman–Crippen MR) is 74.9 cm³/mol. The molecule has 1 N–H and O–H groups in total. The van der Waals surface area contributed by atoms with Crippen LogP contribution < -0.4 is 9.46 Å². The first-order valence-electron chi connectivity index (χ1n) is 5.85. The second-order valence-corrected chi connectivity index (χ2v) is 5.95. The van der Waals surface area contributed by atoms with Crippen LogP contribution in [-0.4, -0.2) is 15.5 Å². The maximum absolute atomic E-state index is 12.8. The van der Waals surface area contributed by atoms with Crippen molar-refractivity contribution in [3.05, 3.63) is 53.8 Å². The van der Waals surface area contributed by atoms with E-state index < -0.39 is 15.8 Å². The fraction of sp³-hybridized carbons (Fsp3) is 0.143. The molecule has 2 rings (SSSR count). The highest BCUT2D eigenvalue weighted by atomic mass is 32.2. The lowest BCUT2D eigenvalue weighted by atomic mass is 10.2. The highest BCUT2D eigenvalue weighted by Crippen LogP contribution is 2.27. The first-order valence-corrected chi connectivity index (χ1v) is 7.34. The zero-order chi connectivity index (χ0) is 14.8. The molecule has 0 saturated carbocycles. The van der Waals surface area contributed by atoms with Crippen molar-refractivity contribution in [2.24, 2.45) is 0 Å². The Morgan fingerprint density at radius 1 is 1.10 bits per heavy atom. The fourth-order valence-corrected chi connectivity index (χ4v) is 2.78. The van der Waals surface area contributed by atoms with Crippen molar-refractivity contribution in [1.82, 2.24) is 0 Å². The molecule has 0 radical (unpaired) electrons. The second kappa shape index (κ2) is 5.50. The molecule has 6 heteroatoms. The lowest BCUT2D eigenvalue weighted by Gasteiger charge is -2.12. The Hall–Kier alpha value is -2.08. The van der Waals surface area contributed by atoms with Crippen molar-refractivity contribution in [2.75, 3.05) is 11.8 Å². The molecule has 0 fully saturated rings. The Bertz CT molecular complexity index is 712. The number of sulfonamides is 1. The van der Waals surface area contributed by atoms with E-state index in [4.69, 9.17) is 4.74 Å². The molecule has 0 heterocycles. The molecule has 0 amide bonds. The zero-order valence-corrected chi connectivity index (χ0v) is 11.9. The lowest BCUT2D eigenvalue weighted by molar-refractivity contribution is 0.417. The fourth-order valence-electron chi connectivity index (χ4n) is 1.72. The van der Waals surface area contributed by atoms with E-state index in [0.717, 1.165) is 17.7 Å². The van der Waals surface area contributed by atoms with Crippen LogP contribution in [0.2, 0.25) is 0 Å². The van der Waals surface area contributed by atoms with Crippen LogP contribution in [0, 0.1) is 12.7 Å². The molecular weight excluding hydrogens is 281 g/mol. The third-order valence-electron chi connectivity index (χ3n) is 2.72. The average molecular weight is 295 g/mol. The maximum Gasteiger partial charge on any atom is 0.262 e. The minimum Gasteiger partial charge on any atom is -0.495 e. The standard InChI is InChI=1S/C14H14FNO3S/c1-10-3-8-14(19-2)13(9-10)16-20(17,18)12-6-4-11(15)5-7-12/h3-9,16H,1-2H3. The van der Waals surface area contributed by atoms with E-state index in [-0.39, 0.29) is 4.90 Å². The molecule has 0 saturated heterocycles. The maximum atomic E-state index is 12.8. The monoisotopic (exact) mass is 295 g/mol. The van der Waals surface area contributed by atoms with Gasteiger partial charge in [-0.1, -0.05) is 6.07 Å². The van der Waals surface area contributed by atoms with E-state index in [9.17, 15) is 12.8 Å². The SMILES string of the molecule is COc1ccc(C)cc1NS(=O)(=O)c1ccc(F)cc1. The molecule has 0 spiro atoms. The molecule has 0 aliphatic carbocycles.